The smallest absolute Gasteiger partial charge is 0.222 e. The molecule has 0 aromatic heterocycles. The van der Waals surface area contributed by atoms with Gasteiger partial charge < -0.3 is 10.2 Å². The molecule has 0 atom stereocenters. The highest BCUT2D eigenvalue weighted by molar-refractivity contribution is 5.85. The van der Waals surface area contributed by atoms with Crippen LogP contribution in [0.2, 0.25) is 0 Å². The van der Waals surface area contributed by atoms with E-state index in [4.69, 9.17) is 0 Å². The molecular weight excluding hydrogens is 356 g/mol. The summed E-state index contributed by atoms with van der Waals surface area (Å²) in [4.78, 5) is 14.9. The molecular formula is C23H31ClN2O. The van der Waals surface area contributed by atoms with Crippen LogP contribution in [-0.4, -0.2) is 37.0 Å². The Hall–Kier alpha value is -1.84. The topological polar surface area (TPSA) is 32.3 Å². The number of hydrogen-bond donors (Lipinski definition) is 1. The molecule has 4 heteroatoms. The summed E-state index contributed by atoms with van der Waals surface area (Å²) in [7, 11) is 1.99. The second-order valence-corrected chi connectivity index (χ2v) is 7.44. The third-order valence-corrected chi connectivity index (χ3v) is 5.45. The minimum absolute atomic E-state index is 0. The van der Waals surface area contributed by atoms with Crippen LogP contribution in [0.15, 0.2) is 60.7 Å². The van der Waals surface area contributed by atoms with E-state index in [9.17, 15) is 4.79 Å². The van der Waals surface area contributed by atoms with Crippen molar-refractivity contribution < 1.29 is 4.79 Å². The van der Waals surface area contributed by atoms with Crippen molar-refractivity contribution in [3.05, 3.63) is 71.8 Å². The van der Waals surface area contributed by atoms with E-state index in [-0.39, 0.29) is 18.3 Å². The molecule has 0 bridgehead atoms. The van der Waals surface area contributed by atoms with E-state index in [1.807, 2.05) is 24.1 Å². The second-order valence-electron chi connectivity index (χ2n) is 7.44. The lowest BCUT2D eigenvalue weighted by molar-refractivity contribution is -0.133. The van der Waals surface area contributed by atoms with E-state index >= 15 is 0 Å². The average molecular weight is 387 g/mol. The Labute approximate surface area is 169 Å². The molecule has 2 aromatic rings. The maximum atomic E-state index is 12.9. The molecule has 1 saturated heterocycles. The summed E-state index contributed by atoms with van der Waals surface area (Å²) >= 11 is 0. The summed E-state index contributed by atoms with van der Waals surface area (Å²) in [6.45, 7) is 2.03. The molecule has 0 radical (unpaired) electrons. The molecule has 1 fully saturated rings. The van der Waals surface area contributed by atoms with E-state index < -0.39 is 0 Å². The standard InChI is InChI=1S/C23H30N2O.ClH/c1-25(22-12-14-24-15-13-22)23(26)18-21(16-19-8-4-2-5-9-19)17-20-10-6-3-7-11-20;/h2-11,21-22,24H,12-18H2,1H3;1H. The zero-order valence-electron chi connectivity index (χ0n) is 16.1. The molecule has 0 spiro atoms. The number of piperidine rings is 1. The van der Waals surface area contributed by atoms with Crippen LogP contribution in [0.1, 0.15) is 30.4 Å². The zero-order valence-corrected chi connectivity index (χ0v) is 17.0. The molecule has 1 heterocycles. The van der Waals surface area contributed by atoms with Crippen LogP contribution >= 0.6 is 12.4 Å². The lowest BCUT2D eigenvalue weighted by Gasteiger charge is -2.32. The number of carbonyl (C=O) groups is 1. The Bertz CT molecular complexity index is 630. The van der Waals surface area contributed by atoms with Gasteiger partial charge in [-0.2, -0.15) is 0 Å². The molecule has 2 aromatic carbocycles. The lowest BCUT2D eigenvalue weighted by atomic mass is 9.89. The Morgan fingerprint density at radius 3 is 1.93 bits per heavy atom. The molecule has 0 saturated carbocycles. The fourth-order valence-electron chi connectivity index (χ4n) is 3.90. The summed E-state index contributed by atoms with van der Waals surface area (Å²) in [5, 5.41) is 3.38. The van der Waals surface area contributed by atoms with Gasteiger partial charge in [0.15, 0.2) is 0 Å². The molecule has 1 aliphatic heterocycles. The summed E-state index contributed by atoms with van der Waals surface area (Å²) < 4.78 is 0. The van der Waals surface area contributed by atoms with E-state index in [0.717, 1.165) is 38.8 Å². The van der Waals surface area contributed by atoms with Gasteiger partial charge in [0.05, 0.1) is 0 Å². The Morgan fingerprint density at radius 2 is 1.44 bits per heavy atom. The third-order valence-electron chi connectivity index (χ3n) is 5.45. The first kappa shape index (κ1) is 21.5. The van der Waals surface area contributed by atoms with Gasteiger partial charge >= 0.3 is 0 Å². The van der Waals surface area contributed by atoms with Crippen LogP contribution < -0.4 is 5.32 Å². The van der Waals surface area contributed by atoms with Crippen molar-refractivity contribution in [1.82, 2.24) is 10.2 Å². The summed E-state index contributed by atoms with van der Waals surface area (Å²) in [5.41, 5.74) is 2.62. The molecule has 0 aliphatic carbocycles. The molecule has 27 heavy (non-hydrogen) atoms. The zero-order chi connectivity index (χ0) is 18.2. The van der Waals surface area contributed by atoms with Gasteiger partial charge in [-0.1, -0.05) is 60.7 Å². The van der Waals surface area contributed by atoms with E-state index in [1.54, 1.807) is 0 Å². The third kappa shape index (κ3) is 6.67. The largest absolute Gasteiger partial charge is 0.343 e. The SMILES string of the molecule is CN(C(=O)CC(Cc1ccccc1)Cc1ccccc1)C1CCNCC1.Cl. The van der Waals surface area contributed by atoms with Gasteiger partial charge in [-0.3, -0.25) is 4.79 Å². The number of nitrogens with zero attached hydrogens (tertiary/aromatic N) is 1. The van der Waals surface area contributed by atoms with Crippen molar-refractivity contribution in [2.24, 2.45) is 5.92 Å². The van der Waals surface area contributed by atoms with Crippen LogP contribution in [-0.2, 0) is 17.6 Å². The first-order valence-corrected chi connectivity index (χ1v) is 9.76. The van der Waals surface area contributed by atoms with Crippen LogP contribution in [0.25, 0.3) is 0 Å². The fraction of sp³-hybridized carbons (Fsp3) is 0.435. The number of hydrogen-bond acceptors (Lipinski definition) is 2. The van der Waals surface area contributed by atoms with E-state index in [0.29, 0.717) is 18.4 Å². The van der Waals surface area contributed by atoms with Crippen molar-refractivity contribution >= 4 is 18.3 Å². The second kappa shape index (κ2) is 11.1. The molecule has 1 aliphatic rings. The van der Waals surface area contributed by atoms with Crippen molar-refractivity contribution in [3.63, 3.8) is 0 Å². The van der Waals surface area contributed by atoms with E-state index in [2.05, 4.69) is 53.8 Å². The number of rotatable bonds is 7. The summed E-state index contributed by atoms with van der Waals surface area (Å²) in [6.07, 6.45) is 4.63. The van der Waals surface area contributed by atoms with Crippen molar-refractivity contribution in [2.45, 2.75) is 38.1 Å². The van der Waals surface area contributed by atoms with E-state index in [1.165, 1.54) is 11.1 Å². The first-order chi connectivity index (χ1) is 12.7. The van der Waals surface area contributed by atoms with Crippen molar-refractivity contribution in [1.29, 1.82) is 0 Å². The molecule has 146 valence electrons. The van der Waals surface area contributed by atoms with Crippen LogP contribution in [0, 0.1) is 5.92 Å². The number of halogens is 1. The highest BCUT2D eigenvalue weighted by Gasteiger charge is 2.24. The number of nitrogens with one attached hydrogen (secondary N) is 1. The average Bonchev–Trinajstić information content (AvgIpc) is 2.69. The van der Waals surface area contributed by atoms with Crippen molar-refractivity contribution in [3.8, 4) is 0 Å². The van der Waals surface area contributed by atoms with Gasteiger partial charge in [0.1, 0.15) is 0 Å². The monoisotopic (exact) mass is 386 g/mol. The Balaban J connectivity index is 0.00000261. The van der Waals surface area contributed by atoms with Crippen molar-refractivity contribution in [2.75, 3.05) is 20.1 Å². The van der Waals surface area contributed by atoms with Gasteiger partial charge in [0.25, 0.3) is 0 Å². The maximum absolute atomic E-state index is 12.9. The molecule has 1 N–H and O–H groups in total. The minimum atomic E-state index is 0. The molecule has 0 unspecified atom stereocenters. The number of amides is 1. The fourth-order valence-corrected chi connectivity index (χ4v) is 3.90. The highest BCUT2D eigenvalue weighted by atomic mass is 35.5. The van der Waals surface area contributed by atoms with Gasteiger partial charge in [-0.25, -0.2) is 0 Å². The first-order valence-electron chi connectivity index (χ1n) is 9.76. The molecule has 1 amide bonds. The normalized spacial score (nSPS) is 14.6. The van der Waals surface area contributed by atoms with Gasteiger partial charge in [-0.05, 0) is 55.8 Å². The van der Waals surface area contributed by atoms with Crippen LogP contribution in [0.3, 0.4) is 0 Å². The van der Waals surface area contributed by atoms with Gasteiger partial charge in [0.2, 0.25) is 5.91 Å². The highest BCUT2D eigenvalue weighted by Crippen LogP contribution is 2.21. The Kier molecular flexibility index (Phi) is 8.83. The van der Waals surface area contributed by atoms with Gasteiger partial charge in [-0.15, -0.1) is 12.4 Å². The van der Waals surface area contributed by atoms with Gasteiger partial charge in [0, 0.05) is 19.5 Å². The lowest BCUT2D eigenvalue weighted by Crippen LogP contribution is -2.44. The summed E-state index contributed by atoms with van der Waals surface area (Å²) in [6, 6.07) is 21.5. The number of benzene rings is 2. The molecule has 3 nitrogen and oxygen atoms in total. The molecule has 3 rings (SSSR count). The van der Waals surface area contributed by atoms with Crippen LogP contribution in [0.5, 0.6) is 0 Å². The quantitative estimate of drug-likeness (QED) is 0.776. The summed E-state index contributed by atoms with van der Waals surface area (Å²) in [5.74, 6) is 0.616. The minimum Gasteiger partial charge on any atom is -0.343 e. The Morgan fingerprint density at radius 1 is 0.963 bits per heavy atom. The maximum Gasteiger partial charge on any atom is 0.222 e. The number of carbonyl (C=O) groups excluding carboxylic acids is 1. The predicted molar refractivity (Wildman–Crippen MR) is 114 cm³/mol. The predicted octanol–water partition coefficient (Wildman–Crippen LogP) is 4.11. The van der Waals surface area contributed by atoms with Crippen LogP contribution in [0.4, 0.5) is 0 Å².